The molecular formula is C20H21ClN2O2. The lowest BCUT2D eigenvalue weighted by Gasteiger charge is -2.18. The zero-order valence-electron chi connectivity index (χ0n) is 14.3. The van der Waals surface area contributed by atoms with Gasteiger partial charge in [-0.2, -0.15) is 0 Å². The molecule has 0 fully saturated rings. The molecule has 3 aromatic rings. The van der Waals surface area contributed by atoms with Gasteiger partial charge in [-0.05, 0) is 37.7 Å². The molecule has 130 valence electrons. The van der Waals surface area contributed by atoms with E-state index in [2.05, 4.69) is 5.32 Å². The number of carbonyl (C=O) groups is 1. The minimum absolute atomic E-state index is 0.0532. The highest BCUT2D eigenvalue weighted by molar-refractivity contribution is 6.31. The molecule has 1 aromatic heterocycles. The van der Waals surface area contributed by atoms with Gasteiger partial charge in [-0.1, -0.05) is 48.0 Å². The molecule has 1 unspecified atom stereocenters. The summed E-state index contributed by atoms with van der Waals surface area (Å²) in [6.45, 7) is 2.82. The predicted octanol–water partition coefficient (Wildman–Crippen LogP) is 4.40. The van der Waals surface area contributed by atoms with Crippen LogP contribution in [-0.2, 0) is 11.3 Å². The molecule has 0 aliphatic rings. The van der Waals surface area contributed by atoms with Crippen LogP contribution in [0.25, 0.3) is 11.0 Å². The van der Waals surface area contributed by atoms with Crippen LogP contribution in [0.2, 0.25) is 5.02 Å². The number of hydrogen-bond donors (Lipinski definition) is 1. The highest BCUT2D eigenvalue weighted by Gasteiger charge is 2.15. The molecule has 3 rings (SSSR count). The molecule has 2 aromatic carbocycles. The summed E-state index contributed by atoms with van der Waals surface area (Å²) < 4.78 is 5.80. The highest BCUT2D eigenvalue weighted by Crippen LogP contribution is 2.23. The van der Waals surface area contributed by atoms with E-state index in [4.69, 9.17) is 16.0 Å². The maximum Gasteiger partial charge on any atom is 0.234 e. The Labute approximate surface area is 152 Å². The number of likely N-dealkylation sites (N-methyl/N-ethyl adjacent to an activating group) is 1. The summed E-state index contributed by atoms with van der Waals surface area (Å²) in [5, 5.41) is 4.73. The summed E-state index contributed by atoms with van der Waals surface area (Å²) in [6, 6.07) is 17.3. The number of nitrogens with one attached hydrogen (secondary N) is 1. The Morgan fingerprint density at radius 3 is 2.68 bits per heavy atom. The summed E-state index contributed by atoms with van der Waals surface area (Å²) >= 11 is 6.17. The minimum Gasteiger partial charge on any atom is -0.459 e. The second kappa shape index (κ2) is 7.72. The first kappa shape index (κ1) is 17.5. The predicted molar refractivity (Wildman–Crippen MR) is 101 cm³/mol. The first-order valence-electron chi connectivity index (χ1n) is 8.22. The molecule has 0 radical (unpaired) electrons. The third kappa shape index (κ3) is 4.41. The molecule has 1 heterocycles. The first-order valence-corrected chi connectivity index (χ1v) is 8.60. The average molecular weight is 357 g/mol. The molecule has 0 aliphatic carbocycles. The van der Waals surface area contributed by atoms with Gasteiger partial charge in [0.15, 0.2) is 0 Å². The molecule has 0 saturated heterocycles. The van der Waals surface area contributed by atoms with Crippen molar-refractivity contribution in [1.29, 1.82) is 0 Å². The number of halogens is 1. The van der Waals surface area contributed by atoms with Gasteiger partial charge >= 0.3 is 0 Å². The van der Waals surface area contributed by atoms with Gasteiger partial charge in [0, 0.05) is 17.0 Å². The average Bonchev–Trinajstić information content (AvgIpc) is 3.01. The Balaban J connectivity index is 1.57. The van der Waals surface area contributed by atoms with E-state index in [1.165, 1.54) is 0 Å². The zero-order valence-corrected chi connectivity index (χ0v) is 15.1. The van der Waals surface area contributed by atoms with Crippen molar-refractivity contribution in [3.8, 4) is 0 Å². The van der Waals surface area contributed by atoms with Crippen LogP contribution in [0.4, 0.5) is 0 Å². The highest BCUT2D eigenvalue weighted by atomic mass is 35.5. The largest absolute Gasteiger partial charge is 0.459 e. The second-order valence-electron chi connectivity index (χ2n) is 6.24. The van der Waals surface area contributed by atoms with Crippen LogP contribution in [0.15, 0.2) is 59.0 Å². The van der Waals surface area contributed by atoms with Gasteiger partial charge in [-0.15, -0.1) is 0 Å². The van der Waals surface area contributed by atoms with Gasteiger partial charge < -0.3 is 9.73 Å². The maximum atomic E-state index is 12.3. The topological polar surface area (TPSA) is 45.5 Å². The van der Waals surface area contributed by atoms with E-state index in [0.717, 1.165) is 22.3 Å². The maximum absolute atomic E-state index is 12.3. The molecule has 0 bridgehead atoms. The zero-order chi connectivity index (χ0) is 17.8. The van der Waals surface area contributed by atoms with Gasteiger partial charge in [0.05, 0.1) is 12.6 Å². The monoisotopic (exact) mass is 356 g/mol. The molecule has 0 saturated carbocycles. The molecule has 1 N–H and O–H groups in total. The minimum atomic E-state index is -0.186. The Morgan fingerprint density at radius 1 is 1.20 bits per heavy atom. The first-order chi connectivity index (χ1) is 12.0. The van der Waals surface area contributed by atoms with Crippen LogP contribution >= 0.6 is 11.6 Å². The SMILES string of the molecule is CC(NC(=O)CN(C)Cc1ccccc1Cl)c1cc2ccccc2o1. The molecular weight excluding hydrogens is 336 g/mol. The van der Waals surface area contributed by atoms with Crippen molar-refractivity contribution in [3.63, 3.8) is 0 Å². The number of amides is 1. The summed E-state index contributed by atoms with van der Waals surface area (Å²) in [5.74, 6) is 0.700. The molecule has 1 amide bonds. The Kier molecular flexibility index (Phi) is 5.41. The lowest BCUT2D eigenvalue weighted by molar-refractivity contribution is -0.122. The number of furan rings is 1. The van der Waals surface area contributed by atoms with Crippen LogP contribution in [0.3, 0.4) is 0 Å². The van der Waals surface area contributed by atoms with E-state index in [1.54, 1.807) is 0 Å². The number of benzene rings is 2. The number of nitrogens with zero attached hydrogens (tertiary/aromatic N) is 1. The van der Waals surface area contributed by atoms with Crippen molar-refractivity contribution in [2.24, 2.45) is 0 Å². The van der Waals surface area contributed by atoms with Crippen LogP contribution < -0.4 is 5.32 Å². The fourth-order valence-corrected chi connectivity index (χ4v) is 2.99. The molecule has 25 heavy (non-hydrogen) atoms. The summed E-state index contributed by atoms with van der Waals surface area (Å²) in [7, 11) is 1.90. The van der Waals surface area contributed by atoms with Gasteiger partial charge in [0.2, 0.25) is 5.91 Å². The van der Waals surface area contributed by atoms with E-state index in [9.17, 15) is 4.79 Å². The molecule has 0 aliphatic heterocycles. The quantitative estimate of drug-likeness (QED) is 0.712. The molecule has 1 atom stereocenters. The fraction of sp³-hybridized carbons (Fsp3) is 0.250. The standard InChI is InChI=1S/C20H21ClN2O2/c1-14(19-11-15-7-4-6-10-18(15)25-19)22-20(24)13-23(2)12-16-8-3-5-9-17(16)21/h3-11,14H,12-13H2,1-2H3,(H,22,24). The van der Waals surface area contributed by atoms with E-state index in [0.29, 0.717) is 11.6 Å². The normalized spacial score (nSPS) is 12.5. The van der Waals surface area contributed by atoms with Crippen LogP contribution in [0.1, 0.15) is 24.3 Å². The van der Waals surface area contributed by atoms with Crippen LogP contribution in [-0.4, -0.2) is 24.4 Å². The number of fused-ring (bicyclic) bond motifs is 1. The number of para-hydroxylation sites is 1. The lowest BCUT2D eigenvalue weighted by atomic mass is 10.2. The van der Waals surface area contributed by atoms with Crippen LogP contribution in [0.5, 0.6) is 0 Å². The van der Waals surface area contributed by atoms with Gasteiger partial charge in [-0.25, -0.2) is 0 Å². The van der Waals surface area contributed by atoms with Gasteiger partial charge in [-0.3, -0.25) is 9.69 Å². The van der Waals surface area contributed by atoms with Crippen LogP contribution in [0, 0.1) is 0 Å². The second-order valence-corrected chi connectivity index (χ2v) is 6.65. The smallest absolute Gasteiger partial charge is 0.234 e. The van der Waals surface area contributed by atoms with E-state index in [1.807, 2.05) is 73.5 Å². The van der Waals surface area contributed by atoms with Gasteiger partial charge in [0.1, 0.15) is 11.3 Å². The summed E-state index contributed by atoms with van der Waals surface area (Å²) in [6.07, 6.45) is 0. The summed E-state index contributed by atoms with van der Waals surface area (Å²) in [5.41, 5.74) is 1.83. The number of carbonyl (C=O) groups excluding carboxylic acids is 1. The lowest BCUT2D eigenvalue weighted by Crippen LogP contribution is -2.36. The van der Waals surface area contributed by atoms with Crippen molar-refractivity contribution in [3.05, 3.63) is 70.9 Å². The van der Waals surface area contributed by atoms with Crippen molar-refractivity contribution in [2.45, 2.75) is 19.5 Å². The molecule has 0 spiro atoms. The Morgan fingerprint density at radius 2 is 1.92 bits per heavy atom. The Bertz CT molecular complexity index is 842. The van der Waals surface area contributed by atoms with E-state index < -0.39 is 0 Å². The fourth-order valence-electron chi connectivity index (χ4n) is 2.79. The number of rotatable bonds is 6. The summed E-state index contributed by atoms with van der Waals surface area (Å²) in [4.78, 5) is 14.2. The number of hydrogen-bond acceptors (Lipinski definition) is 3. The van der Waals surface area contributed by atoms with Gasteiger partial charge in [0.25, 0.3) is 0 Å². The van der Waals surface area contributed by atoms with Crippen molar-refractivity contribution in [2.75, 3.05) is 13.6 Å². The van der Waals surface area contributed by atoms with E-state index >= 15 is 0 Å². The van der Waals surface area contributed by atoms with Crippen molar-refractivity contribution >= 4 is 28.5 Å². The third-order valence-electron chi connectivity index (χ3n) is 4.06. The van der Waals surface area contributed by atoms with Crippen molar-refractivity contribution in [1.82, 2.24) is 10.2 Å². The third-order valence-corrected chi connectivity index (χ3v) is 4.43. The molecule has 4 nitrogen and oxygen atoms in total. The van der Waals surface area contributed by atoms with E-state index in [-0.39, 0.29) is 18.5 Å². The molecule has 5 heteroatoms. The Hall–Kier alpha value is -2.30. The van der Waals surface area contributed by atoms with Crippen molar-refractivity contribution < 1.29 is 9.21 Å².